The van der Waals surface area contributed by atoms with Crippen LogP contribution < -0.4 is 10.6 Å². The van der Waals surface area contributed by atoms with E-state index in [0.717, 1.165) is 47.3 Å². The van der Waals surface area contributed by atoms with Gasteiger partial charge in [-0.25, -0.2) is 15.0 Å². The number of pyridine rings is 1. The molecular weight excluding hydrogens is 280 g/mol. The van der Waals surface area contributed by atoms with Crippen LogP contribution in [0.1, 0.15) is 18.7 Å². The number of carbonyl (C=O) groups excluding carboxylic acids is 1. The lowest BCUT2D eigenvalue weighted by Gasteiger charge is -2.25. The summed E-state index contributed by atoms with van der Waals surface area (Å²) in [5.41, 5.74) is 7.13. The van der Waals surface area contributed by atoms with Crippen LogP contribution in [0, 0.1) is 6.92 Å². The van der Waals surface area contributed by atoms with E-state index < -0.39 is 0 Å². The lowest BCUT2D eigenvalue weighted by molar-refractivity contribution is -0.119. The van der Waals surface area contributed by atoms with E-state index in [1.807, 2.05) is 17.9 Å². The number of anilines is 1. The molecule has 7 heteroatoms. The first-order chi connectivity index (χ1) is 10.6. The van der Waals surface area contributed by atoms with Crippen LogP contribution in [0.4, 0.5) is 5.82 Å². The molecular formula is C15H16N6O. The Bertz CT molecular complexity index is 886. The van der Waals surface area contributed by atoms with Crippen molar-refractivity contribution in [3.05, 3.63) is 24.3 Å². The Labute approximate surface area is 126 Å². The van der Waals surface area contributed by atoms with Crippen molar-refractivity contribution in [1.29, 1.82) is 0 Å². The third kappa shape index (κ3) is 1.82. The molecule has 1 unspecified atom stereocenters. The minimum atomic E-state index is -0.302. The molecule has 3 N–H and O–H groups in total. The zero-order valence-corrected chi connectivity index (χ0v) is 12.2. The number of rotatable bonds is 2. The summed E-state index contributed by atoms with van der Waals surface area (Å²) in [5.74, 6) is 1.26. The largest absolute Gasteiger partial charge is 0.368 e. The SMILES string of the molecule is Cc1nc(N2CCCC2C(N)=O)c2c(cnc3nccc32)[nH]1. The Morgan fingerprint density at radius 2 is 2.32 bits per heavy atom. The fourth-order valence-corrected chi connectivity index (χ4v) is 3.26. The van der Waals surface area contributed by atoms with E-state index in [9.17, 15) is 4.79 Å². The van der Waals surface area contributed by atoms with Gasteiger partial charge in [-0.3, -0.25) is 4.79 Å². The minimum absolute atomic E-state index is 0.302. The van der Waals surface area contributed by atoms with E-state index in [-0.39, 0.29) is 11.9 Å². The molecule has 1 fully saturated rings. The molecule has 0 spiro atoms. The zero-order chi connectivity index (χ0) is 15.3. The maximum absolute atomic E-state index is 11.7. The van der Waals surface area contributed by atoms with Crippen molar-refractivity contribution in [3.63, 3.8) is 0 Å². The van der Waals surface area contributed by atoms with E-state index in [4.69, 9.17) is 5.73 Å². The van der Waals surface area contributed by atoms with Crippen LogP contribution in [0.15, 0.2) is 18.5 Å². The molecule has 3 aromatic rings. The fraction of sp³-hybridized carbons (Fsp3) is 0.333. The Morgan fingerprint density at radius 3 is 3.14 bits per heavy atom. The molecule has 0 bridgehead atoms. The van der Waals surface area contributed by atoms with Crippen molar-refractivity contribution in [2.24, 2.45) is 5.73 Å². The predicted octanol–water partition coefficient (Wildman–Crippen LogP) is 1.27. The quantitative estimate of drug-likeness (QED) is 0.741. The molecule has 0 aromatic carbocycles. The van der Waals surface area contributed by atoms with Gasteiger partial charge in [0.2, 0.25) is 5.91 Å². The molecule has 1 aliphatic rings. The number of nitrogens with zero attached hydrogens (tertiary/aromatic N) is 4. The summed E-state index contributed by atoms with van der Waals surface area (Å²) in [6.07, 6.45) is 5.19. The summed E-state index contributed by atoms with van der Waals surface area (Å²) in [6.45, 7) is 2.67. The van der Waals surface area contributed by atoms with Gasteiger partial charge in [0.1, 0.15) is 17.7 Å². The van der Waals surface area contributed by atoms with Crippen molar-refractivity contribution >= 4 is 33.7 Å². The van der Waals surface area contributed by atoms with Gasteiger partial charge < -0.3 is 15.6 Å². The van der Waals surface area contributed by atoms with Gasteiger partial charge in [-0.15, -0.1) is 0 Å². The molecule has 4 rings (SSSR count). The molecule has 3 aromatic heterocycles. The highest BCUT2D eigenvalue weighted by molar-refractivity contribution is 6.09. The monoisotopic (exact) mass is 296 g/mol. The molecule has 4 heterocycles. The van der Waals surface area contributed by atoms with E-state index >= 15 is 0 Å². The molecule has 1 saturated heterocycles. The number of fused-ring (bicyclic) bond motifs is 3. The summed E-state index contributed by atoms with van der Waals surface area (Å²) < 4.78 is 0. The van der Waals surface area contributed by atoms with Crippen molar-refractivity contribution in [1.82, 2.24) is 19.9 Å². The molecule has 7 nitrogen and oxygen atoms in total. The summed E-state index contributed by atoms with van der Waals surface area (Å²) in [4.78, 5) is 30.2. The Kier molecular flexibility index (Phi) is 2.75. The Balaban J connectivity index is 2.03. The van der Waals surface area contributed by atoms with Gasteiger partial charge in [0.15, 0.2) is 5.65 Å². The number of amides is 1. The molecule has 0 saturated carbocycles. The van der Waals surface area contributed by atoms with Crippen molar-refractivity contribution < 1.29 is 4.79 Å². The maximum atomic E-state index is 11.7. The van der Waals surface area contributed by atoms with E-state index in [2.05, 4.69) is 19.9 Å². The van der Waals surface area contributed by atoms with Gasteiger partial charge in [0, 0.05) is 18.1 Å². The number of aromatic amines is 1. The van der Waals surface area contributed by atoms with Gasteiger partial charge in [-0.2, -0.15) is 0 Å². The summed E-state index contributed by atoms with van der Waals surface area (Å²) in [5, 5.41) is 1.88. The molecule has 112 valence electrons. The van der Waals surface area contributed by atoms with E-state index in [1.165, 1.54) is 0 Å². The summed E-state index contributed by atoms with van der Waals surface area (Å²) in [7, 11) is 0. The zero-order valence-electron chi connectivity index (χ0n) is 12.2. The number of hydrogen-bond acceptors (Lipinski definition) is 5. The lowest BCUT2D eigenvalue weighted by Crippen LogP contribution is -2.41. The second-order valence-corrected chi connectivity index (χ2v) is 5.63. The first kappa shape index (κ1) is 13.0. The first-order valence-electron chi connectivity index (χ1n) is 7.31. The number of aryl methyl sites for hydroxylation is 1. The number of aromatic nitrogens is 4. The molecule has 0 aliphatic carbocycles. The third-order valence-electron chi connectivity index (χ3n) is 4.20. The first-order valence-corrected chi connectivity index (χ1v) is 7.31. The van der Waals surface area contributed by atoms with Crippen LogP contribution in [0.25, 0.3) is 21.9 Å². The fourth-order valence-electron chi connectivity index (χ4n) is 3.26. The van der Waals surface area contributed by atoms with Crippen molar-refractivity contribution in [2.45, 2.75) is 25.8 Å². The van der Waals surface area contributed by atoms with Gasteiger partial charge in [0.25, 0.3) is 0 Å². The average Bonchev–Trinajstić information content (AvgIpc) is 3.14. The molecule has 0 radical (unpaired) electrons. The van der Waals surface area contributed by atoms with E-state index in [1.54, 1.807) is 12.4 Å². The number of primary amides is 1. The highest BCUT2D eigenvalue weighted by Crippen LogP contribution is 2.33. The smallest absolute Gasteiger partial charge is 0.240 e. The normalized spacial score (nSPS) is 18.4. The molecule has 22 heavy (non-hydrogen) atoms. The summed E-state index contributed by atoms with van der Waals surface area (Å²) >= 11 is 0. The second kappa shape index (κ2) is 4.66. The standard InChI is InChI=1S/C15H16N6O/c1-8-19-10-7-18-14-9(4-5-17-14)12(10)15(20-8)21-6-2-3-11(21)13(16)22/h4-5,7,11H,2-3,6H2,1H3,(H2,16,22)(H,19,20). The number of nitrogens with two attached hydrogens (primary N) is 1. The van der Waals surface area contributed by atoms with E-state index in [0.29, 0.717) is 5.65 Å². The number of H-pyrrole nitrogens is 1. The minimum Gasteiger partial charge on any atom is -0.368 e. The molecule has 1 aliphatic heterocycles. The van der Waals surface area contributed by atoms with Crippen LogP contribution in [-0.4, -0.2) is 38.4 Å². The van der Waals surface area contributed by atoms with Crippen molar-refractivity contribution in [2.75, 3.05) is 11.4 Å². The number of nitrogens with one attached hydrogen (secondary N) is 1. The van der Waals surface area contributed by atoms with Crippen LogP contribution in [0.5, 0.6) is 0 Å². The Hall–Kier alpha value is -2.70. The predicted molar refractivity (Wildman–Crippen MR) is 83.5 cm³/mol. The average molecular weight is 296 g/mol. The van der Waals surface area contributed by atoms with Gasteiger partial charge in [-0.1, -0.05) is 0 Å². The number of hydrogen-bond donors (Lipinski definition) is 2. The molecule has 1 atom stereocenters. The second-order valence-electron chi connectivity index (χ2n) is 5.63. The van der Waals surface area contributed by atoms with Crippen LogP contribution in [0.2, 0.25) is 0 Å². The number of carbonyl (C=O) groups is 1. The van der Waals surface area contributed by atoms with Crippen LogP contribution >= 0.6 is 0 Å². The van der Waals surface area contributed by atoms with Crippen LogP contribution in [-0.2, 0) is 4.79 Å². The lowest BCUT2D eigenvalue weighted by atomic mass is 10.1. The summed E-state index contributed by atoms with van der Waals surface area (Å²) in [6, 6.07) is 1.62. The van der Waals surface area contributed by atoms with Crippen molar-refractivity contribution in [3.8, 4) is 0 Å². The third-order valence-corrected chi connectivity index (χ3v) is 4.20. The Morgan fingerprint density at radius 1 is 1.45 bits per heavy atom. The van der Waals surface area contributed by atoms with Crippen LogP contribution in [0.3, 0.4) is 0 Å². The molecule has 1 amide bonds. The van der Waals surface area contributed by atoms with Gasteiger partial charge >= 0.3 is 0 Å². The van der Waals surface area contributed by atoms with Gasteiger partial charge in [-0.05, 0) is 25.8 Å². The maximum Gasteiger partial charge on any atom is 0.240 e. The topological polar surface area (TPSA) is 101 Å². The highest BCUT2D eigenvalue weighted by Gasteiger charge is 2.31. The highest BCUT2D eigenvalue weighted by atomic mass is 16.1. The van der Waals surface area contributed by atoms with Gasteiger partial charge in [0.05, 0.1) is 17.1 Å².